The summed E-state index contributed by atoms with van der Waals surface area (Å²) in [6.07, 6.45) is 0. The SMILES string of the molecule is CCN[C@H](C)CNC(=O)CSCC(=O)c1ccc(Cl)cc1.Cl. The van der Waals surface area contributed by atoms with Crippen molar-refractivity contribution in [3.63, 3.8) is 0 Å². The van der Waals surface area contributed by atoms with Crippen LogP contribution in [-0.4, -0.2) is 42.3 Å². The monoisotopic (exact) mass is 364 g/mol. The standard InChI is InChI=1S/C15H21ClN2O2S.ClH/c1-3-17-11(2)8-18-15(20)10-21-9-14(19)12-4-6-13(16)7-5-12;/h4-7,11,17H,3,8-10H2,1-2H3,(H,18,20);1H/t11-;/m1./s1. The summed E-state index contributed by atoms with van der Waals surface area (Å²) in [5.74, 6) is 0.537. The van der Waals surface area contributed by atoms with Crippen molar-refractivity contribution in [2.75, 3.05) is 24.6 Å². The van der Waals surface area contributed by atoms with Crippen LogP contribution in [-0.2, 0) is 4.79 Å². The summed E-state index contributed by atoms with van der Waals surface area (Å²) in [6.45, 7) is 5.51. The maximum atomic E-state index is 11.9. The number of halogens is 2. The molecule has 0 spiro atoms. The van der Waals surface area contributed by atoms with Gasteiger partial charge in [0, 0.05) is 23.2 Å². The van der Waals surface area contributed by atoms with E-state index in [-0.39, 0.29) is 41.6 Å². The fourth-order valence-electron chi connectivity index (χ4n) is 1.69. The van der Waals surface area contributed by atoms with Crippen molar-refractivity contribution in [1.29, 1.82) is 0 Å². The molecule has 0 aliphatic heterocycles. The number of benzene rings is 1. The first kappa shape index (κ1) is 21.2. The minimum absolute atomic E-state index is 0. The fraction of sp³-hybridized carbons (Fsp3) is 0.467. The highest BCUT2D eigenvalue weighted by Gasteiger charge is 2.08. The zero-order valence-corrected chi connectivity index (χ0v) is 15.1. The van der Waals surface area contributed by atoms with Gasteiger partial charge in [0.2, 0.25) is 5.91 Å². The van der Waals surface area contributed by atoms with Crippen molar-refractivity contribution in [3.8, 4) is 0 Å². The molecule has 1 rings (SSSR count). The van der Waals surface area contributed by atoms with E-state index in [0.29, 0.717) is 17.1 Å². The van der Waals surface area contributed by atoms with E-state index in [1.807, 2.05) is 13.8 Å². The van der Waals surface area contributed by atoms with Gasteiger partial charge in [-0.3, -0.25) is 9.59 Å². The lowest BCUT2D eigenvalue weighted by atomic mass is 10.1. The third kappa shape index (κ3) is 8.63. The highest BCUT2D eigenvalue weighted by atomic mass is 35.5. The van der Waals surface area contributed by atoms with Crippen LogP contribution in [0.4, 0.5) is 0 Å². The number of carbonyl (C=O) groups is 2. The Labute approximate surface area is 147 Å². The number of likely N-dealkylation sites (N-methyl/N-ethyl adjacent to an activating group) is 1. The number of amides is 1. The van der Waals surface area contributed by atoms with E-state index in [1.165, 1.54) is 11.8 Å². The molecule has 0 radical (unpaired) electrons. The second-order valence-electron chi connectivity index (χ2n) is 4.69. The maximum absolute atomic E-state index is 11.9. The molecular formula is C15H22Cl2N2O2S. The van der Waals surface area contributed by atoms with Gasteiger partial charge < -0.3 is 10.6 Å². The molecule has 0 fully saturated rings. The molecule has 1 aromatic carbocycles. The van der Waals surface area contributed by atoms with Gasteiger partial charge in [-0.05, 0) is 37.7 Å². The Hall–Kier alpha value is -0.750. The van der Waals surface area contributed by atoms with Crippen LogP contribution in [0.2, 0.25) is 5.02 Å². The first-order valence-corrected chi connectivity index (χ1v) is 8.42. The molecule has 1 aromatic rings. The number of ketones is 1. The zero-order valence-electron chi connectivity index (χ0n) is 12.7. The van der Waals surface area contributed by atoms with Crippen molar-refractivity contribution in [1.82, 2.24) is 10.6 Å². The van der Waals surface area contributed by atoms with Gasteiger partial charge in [-0.2, -0.15) is 0 Å². The Balaban J connectivity index is 0.00000441. The Bertz CT molecular complexity index is 469. The Morgan fingerprint density at radius 1 is 1.23 bits per heavy atom. The number of carbonyl (C=O) groups excluding carboxylic acids is 2. The Morgan fingerprint density at radius 2 is 1.86 bits per heavy atom. The molecule has 0 saturated carbocycles. The molecule has 2 N–H and O–H groups in total. The molecule has 0 aliphatic carbocycles. The molecule has 22 heavy (non-hydrogen) atoms. The molecule has 124 valence electrons. The normalized spacial score (nSPS) is 11.4. The molecule has 4 nitrogen and oxygen atoms in total. The van der Waals surface area contributed by atoms with Gasteiger partial charge in [0.25, 0.3) is 0 Å². The number of hydrogen-bond donors (Lipinski definition) is 2. The van der Waals surface area contributed by atoms with Gasteiger partial charge in [0.15, 0.2) is 5.78 Å². The van der Waals surface area contributed by atoms with Crippen LogP contribution in [0.1, 0.15) is 24.2 Å². The molecule has 0 unspecified atom stereocenters. The van der Waals surface area contributed by atoms with Gasteiger partial charge in [0.05, 0.1) is 11.5 Å². The Morgan fingerprint density at radius 3 is 2.45 bits per heavy atom. The lowest BCUT2D eigenvalue weighted by molar-refractivity contribution is -0.118. The summed E-state index contributed by atoms with van der Waals surface area (Å²) in [6, 6.07) is 7.02. The summed E-state index contributed by atoms with van der Waals surface area (Å²) < 4.78 is 0. The van der Waals surface area contributed by atoms with Crippen LogP contribution in [0.15, 0.2) is 24.3 Å². The molecule has 0 aromatic heterocycles. The average Bonchev–Trinajstić information content (AvgIpc) is 2.46. The molecule has 0 heterocycles. The van der Waals surface area contributed by atoms with Gasteiger partial charge >= 0.3 is 0 Å². The summed E-state index contributed by atoms with van der Waals surface area (Å²) in [5, 5.41) is 6.66. The first-order valence-electron chi connectivity index (χ1n) is 6.89. The number of rotatable bonds is 9. The second kappa shape index (κ2) is 11.8. The van der Waals surface area contributed by atoms with Crippen molar-refractivity contribution in [2.24, 2.45) is 0 Å². The molecule has 0 saturated heterocycles. The van der Waals surface area contributed by atoms with Crippen LogP contribution in [0.5, 0.6) is 0 Å². The summed E-state index contributed by atoms with van der Waals surface area (Å²) in [4.78, 5) is 23.5. The van der Waals surface area contributed by atoms with E-state index in [0.717, 1.165) is 6.54 Å². The number of thioether (sulfide) groups is 1. The Kier molecular flexibility index (Phi) is 11.4. The van der Waals surface area contributed by atoms with E-state index in [9.17, 15) is 9.59 Å². The fourth-order valence-corrected chi connectivity index (χ4v) is 2.56. The van der Waals surface area contributed by atoms with E-state index in [2.05, 4.69) is 10.6 Å². The van der Waals surface area contributed by atoms with Gasteiger partial charge in [-0.25, -0.2) is 0 Å². The lowest BCUT2D eigenvalue weighted by Crippen LogP contribution is -2.39. The third-order valence-corrected chi connectivity index (χ3v) is 3.98. The summed E-state index contributed by atoms with van der Waals surface area (Å²) in [5.41, 5.74) is 0.619. The molecule has 1 atom stereocenters. The summed E-state index contributed by atoms with van der Waals surface area (Å²) >= 11 is 7.09. The number of nitrogens with one attached hydrogen (secondary N) is 2. The van der Waals surface area contributed by atoms with Crippen molar-refractivity contribution in [3.05, 3.63) is 34.9 Å². The van der Waals surface area contributed by atoms with Gasteiger partial charge in [-0.15, -0.1) is 24.2 Å². The van der Waals surface area contributed by atoms with Crippen LogP contribution in [0, 0.1) is 0 Å². The smallest absolute Gasteiger partial charge is 0.230 e. The predicted molar refractivity (Wildman–Crippen MR) is 96.5 cm³/mol. The third-order valence-electron chi connectivity index (χ3n) is 2.79. The zero-order chi connectivity index (χ0) is 15.7. The maximum Gasteiger partial charge on any atom is 0.230 e. The first-order chi connectivity index (χ1) is 10.0. The van der Waals surface area contributed by atoms with Crippen LogP contribution in [0.3, 0.4) is 0 Å². The largest absolute Gasteiger partial charge is 0.354 e. The highest BCUT2D eigenvalue weighted by molar-refractivity contribution is 8.00. The molecule has 0 aliphatic rings. The van der Waals surface area contributed by atoms with E-state index in [4.69, 9.17) is 11.6 Å². The molecule has 0 bridgehead atoms. The second-order valence-corrected chi connectivity index (χ2v) is 6.11. The molecule has 1 amide bonds. The number of Topliss-reactive ketones (excluding diaryl/α,β-unsaturated/α-hetero) is 1. The predicted octanol–water partition coefficient (Wildman–Crippen LogP) is 2.79. The lowest BCUT2D eigenvalue weighted by Gasteiger charge is -2.12. The highest BCUT2D eigenvalue weighted by Crippen LogP contribution is 2.12. The van der Waals surface area contributed by atoms with Crippen LogP contribution >= 0.6 is 35.8 Å². The van der Waals surface area contributed by atoms with E-state index < -0.39 is 0 Å². The minimum Gasteiger partial charge on any atom is -0.354 e. The van der Waals surface area contributed by atoms with Crippen LogP contribution < -0.4 is 10.6 Å². The van der Waals surface area contributed by atoms with Crippen molar-refractivity contribution >= 4 is 47.5 Å². The van der Waals surface area contributed by atoms with Gasteiger partial charge in [-0.1, -0.05) is 18.5 Å². The van der Waals surface area contributed by atoms with Crippen molar-refractivity contribution in [2.45, 2.75) is 19.9 Å². The van der Waals surface area contributed by atoms with Gasteiger partial charge in [0.1, 0.15) is 0 Å². The molecular weight excluding hydrogens is 343 g/mol. The molecule has 7 heteroatoms. The average molecular weight is 365 g/mol. The van der Waals surface area contributed by atoms with Crippen LogP contribution in [0.25, 0.3) is 0 Å². The van der Waals surface area contributed by atoms with Crippen molar-refractivity contribution < 1.29 is 9.59 Å². The van der Waals surface area contributed by atoms with E-state index in [1.54, 1.807) is 24.3 Å². The topological polar surface area (TPSA) is 58.2 Å². The minimum atomic E-state index is -0.0475. The summed E-state index contributed by atoms with van der Waals surface area (Å²) in [7, 11) is 0. The quantitative estimate of drug-likeness (QED) is 0.661. The van der Waals surface area contributed by atoms with E-state index >= 15 is 0 Å². The number of hydrogen-bond acceptors (Lipinski definition) is 4.